The molecule has 1 saturated carbocycles. The van der Waals surface area contributed by atoms with Crippen molar-refractivity contribution in [2.45, 2.75) is 63.2 Å². The molecule has 0 aromatic heterocycles. The first-order chi connectivity index (χ1) is 13.8. The molecule has 0 unspecified atom stereocenters. The van der Waals surface area contributed by atoms with Gasteiger partial charge in [0.25, 0.3) is 5.91 Å². The molecule has 1 aliphatic carbocycles. The smallest absolute Gasteiger partial charge is 0.271 e. The van der Waals surface area contributed by atoms with E-state index in [1.807, 2.05) is 6.07 Å². The third-order valence-corrected chi connectivity index (χ3v) is 8.19. The molecule has 156 valence electrons. The average Bonchev–Trinajstić information content (AvgIpc) is 2.87. The summed E-state index contributed by atoms with van der Waals surface area (Å²) in [6.07, 6.45) is 6.94. The fraction of sp³-hybridized carbons (Fsp3) is 0.571. The van der Waals surface area contributed by atoms with Crippen LogP contribution in [-0.2, 0) is 4.79 Å². The van der Waals surface area contributed by atoms with Crippen molar-refractivity contribution < 1.29 is 9.59 Å². The predicted molar refractivity (Wildman–Crippen MR) is 121 cm³/mol. The van der Waals surface area contributed by atoms with Gasteiger partial charge in [0.1, 0.15) is 11.6 Å². The maximum Gasteiger partial charge on any atom is 0.342 e. The monoisotopic (exact) mass is 497 g/mol. The van der Waals surface area contributed by atoms with Crippen LogP contribution < -0.4 is 4.90 Å². The van der Waals surface area contributed by atoms with E-state index < -0.39 is 5.54 Å². The van der Waals surface area contributed by atoms with Crippen LogP contribution in [0.5, 0.6) is 0 Å². The summed E-state index contributed by atoms with van der Waals surface area (Å²) in [5.41, 5.74) is -0.218. The molecule has 3 rings (SSSR count). The third-order valence-electron chi connectivity index (χ3n) is 5.72. The van der Waals surface area contributed by atoms with Crippen LogP contribution in [0.2, 0.25) is 5.02 Å². The Labute approximate surface area is 190 Å². The molecule has 5 nitrogen and oxygen atoms in total. The number of nitriles is 1. The fourth-order valence-electron chi connectivity index (χ4n) is 3.96. The molecular formula is C21H25BrClN3O2S. The summed E-state index contributed by atoms with van der Waals surface area (Å²) in [6.45, 7) is 3.57. The van der Waals surface area contributed by atoms with Crippen LogP contribution in [0.3, 0.4) is 0 Å². The molecule has 0 bridgehead atoms. The molecule has 1 saturated heterocycles. The number of hydrogen-bond acceptors (Lipinski definition) is 4. The normalized spacial score (nSPS) is 24.1. The lowest BCUT2D eigenvalue weighted by Crippen LogP contribution is -2.41. The standard InChI is InChI=1S/C21H25BrClN3O2S/c1-21(2)19(27)25(16-8-7-15(13-24)18(23)12-16)20(28)26(21)29-17-9-5-14(6-10-17)4-3-11-22/h7-8,12,14,17H,3-6,9-11H2,1-2H3. The average molecular weight is 499 g/mol. The second-order valence-electron chi connectivity index (χ2n) is 8.13. The van der Waals surface area contributed by atoms with Crippen LogP contribution in [0.15, 0.2) is 18.2 Å². The molecule has 1 aliphatic heterocycles. The summed E-state index contributed by atoms with van der Waals surface area (Å²) in [5.74, 6) is 0.493. The minimum Gasteiger partial charge on any atom is -0.271 e. The second kappa shape index (κ2) is 9.28. The molecule has 8 heteroatoms. The number of carbonyl (C=O) groups is 2. The van der Waals surface area contributed by atoms with E-state index in [0.717, 1.165) is 24.1 Å². The van der Waals surface area contributed by atoms with Crippen molar-refractivity contribution in [3.63, 3.8) is 0 Å². The Morgan fingerprint density at radius 2 is 1.97 bits per heavy atom. The topological polar surface area (TPSA) is 64.4 Å². The number of hydrogen-bond donors (Lipinski definition) is 0. The number of urea groups is 1. The van der Waals surface area contributed by atoms with Crippen LogP contribution in [0.4, 0.5) is 10.5 Å². The van der Waals surface area contributed by atoms with E-state index in [9.17, 15) is 9.59 Å². The van der Waals surface area contributed by atoms with Crippen molar-refractivity contribution in [2.24, 2.45) is 5.92 Å². The van der Waals surface area contributed by atoms with Gasteiger partial charge in [0.2, 0.25) is 0 Å². The van der Waals surface area contributed by atoms with E-state index in [4.69, 9.17) is 16.9 Å². The highest BCUT2D eigenvalue weighted by Crippen LogP contribution is 2.43. The SMILES string of the molecule is CC1(C)C(=O)N(c2ccc(C#N)c(Cl)c2)C(=O)N1SC1CCC(CCCBr)CC1. The second-order valence-corrected chi connectivity index (χ2v) is 10.6. The van der Waals surface area contributed by atoms with Crippen molar-refractivity contribution in [3.8, 4) is 6.07 Å². The quantitative estimate of drug-likeness (QED) is 0.268. The lowest BCUT2D eigenvalue weighted by Gasteiger charge is -2.33. The zero-order chi connectivity index (χ0) is 21.2. The maximum atomic E-state index is 13.2. The zero-order valence-electron chi connectivity index (χ0n) is 16.7. The summed E-state index contributed by atoms with van der Waals surface area (Å²) in [6, 6.07) is 6.30. The number of amides is 3. The first kappa shape index (κ1) is 22.5. The first-order valence-electron chi connectivity index (χ1n) is 9.90. The van der Waals surface area contributed by atoms with Crippen LogP contribution in [0.25, 0.3) is 0 Å². The molecule has 0 spiro atoms. The molecule has 29 heavy (non-hydrogen) atoms. The Balaban J connectivity index is 1.72. The maximum absolute atomic E-state index is 13.2. The van der Waals surface area contributed by atoms with Crippen LogP contribution >= 0.6 is 39.5 Å². The van der Waals surface area contributed by atoms with Crippen molar-refractivity contribution in [2.75, 3.05) is 10.2 Å². The summed E-state index contributed by atoms with van der Waals surface area (Å²) in [7, 11) is 0. The minimum absolute atomic E-state index is 0.233. The van der Waals surface area contributed by atoms with Gasteiger partial charge >= 0.3 is 6.03 Å². The fourth-order valence-corrected chi connectivity index (χ4v) is 5.79. The van der Waals surface area contributed by atoms with Crippen LogP contribution in [0, 0.1) is 17.2 Å². The van der Waals surface area contributed by atoms with Gasteiger partial charge < -0.3 is 0 Å². The van der Waals surface area contributed by atoms with Gasteiger partial charge in [0.15, 0.2) is 0 Å². The van der Waals surface area contributed by atoms with Gasteiger partial charge in [-0.2, -0.15) is 5.26 Å². The number of alkyl halides is 1. The van der Waals surface area contributed by atoms with Gasteiger partial charge in [-0.1, -0.05) is 27.5 Å². The number of nitrogens with zero attached hydrogens (tertiary/aromatic N) is 3. The van der Waals surface area contributed by atoms with E-state index in [1.165, 1.54) is 54.7 Å². The Morgan fingerprint density at radius 3 is 2.55 bits per heavy atom. The molecule has 2 aliphatic rings. The Kier molecular flexibility index (Phi) is 7.19. The molecule has 1 heterocycles. The van der Waals surface area contributed by atoms with Crippen molar-refractivity contribution in [1.82, 2.24) is 4.31 Å². The van der Waals surface area contributed by atoms with Gasteiger partial charge in [-0.15, -0.1) is 0 Å². The Morgan fingerprint density at radius 1 is 1.28 bits per heavy atom. The highest BCUT2D eigenvalue weighted by Gasteiger charge is 2.53. The third kappa shape index (κ3) is 4.60. The number of halogens is 2. The molecule has 1 aromatic carbocycles. The Hall–Kier alpha value is -1.23. The van der Waals surface area contributed by atoms with Crippen molar-refractivity contribution in [3.05, 3.63) is 28.8 Å². The summed E-state index contributed by atoms with van der Waals surface area (Å²) >= 11 is 11.1. The first-order valence-corrected chi connectivity index (χ1v) is 12.2. The molecule has 3 amide bonds. The van der Waals surface area contributed by atoms with E-state index in [2.05, 4.69) is 15.9 Å². The predicted octanol–water partition coefficient (Wildman–Crippen LogP) is 6.14. The van der Waals surface area contributed by atoms with Crippen LogP contribution in [-0.4, -0.2) is 32.4 Å². The zero-order valence-corrected chi connectivity index (χ0v) is 19.8. The molecule has 0 N–H and O–H groups in total. The summed E-state index contributed by atoms with van der Waals surface area (Å²) in [5, 5.41) is 10.7. The highest BCUT2D eigenvalue weighted by atomic mass is 79.9. The van der Waals surface area contributed by atoms with E-state index >= 15 is 0 Å². The summed E-state index contributed by atoms with van der Waals surface area (Å²) < 4.78 is 1.63. The van der Waals surface area contributed by atoms with Gasteiger partial charge in [-0.05, 0) is 88.4 Å². The van der Waals surface area contributed by atoms with Crippen molar-refractivity contribution >= 4 is 57.1 Å². The molecule has 0 radical (unpaired) electrons. The van der Waals surface area contributed by atoms with Gasteiger partial charge in [-0.25, -0.2) is 9.69 Å². The molecule has 2 fully saturated rings. The molecular weight excluding hydrogens is 474 g/mol. The van der Waals surface area contributed by atoms with Gasteiger partial charge in [0, 0.05) is 10.6 Å². The number of benzene rings is 1. The number of imide groups is 1. The van der Waals surface area contributed by atoms with E-state index in [-0.39, 0.29) is 17.0 Å². The Bertz CT molecular complexity index is 834. The number of rotatable bonds is 6. The summed E-state index contributed by atoms with van der Waals surface area (Å²) in [4.78, 5) is 27.4. The van der Waals surface area contributed by atoms with Crippen LogP contribution in [0.1, 0.15) is 57.9 Å². The highest BCUT2D eigenvalue weighted by molar-refractivity contribution is 9.09. The van der Waals surface area contributed by atoms with E-state index in [1.54, 1.807) is 24.2 Å². The molecule has 0 atom stereocenters. The van der Waals surface area contributed by atoms with Crippen molar-refractivity contribution in [1.29, 1.82) is 5.26 Å². The lowest BCUT2D eigenvalue weighted by atomic mass is 9.86. The lowest BCUT2D eigenvalue weighted by molar-refractivity contribution is -0.122. The molecule has 1 aromatic rings. The minimum atomic E-state index is -0.936. The number of carbonyl (C=O) groups excluding carboxylic acids is 2. The van der Waals surface area contributed by atoms with E-state index in [0.29, 0.717) is 16.5 Å². The number of anilines is 1. The van der Waals surface area contributed by atoms with Gasteiger partial charge in [0.05, 0.1) is 16.3 Å². The van der Waals surface area contributed by atoms with Gasteiger partial charge in [-0.3, -0.25) is 9.10 Å². The largest absolute Gasteiger partial charge is 0.342 e.